The van der Waals surface area contributed by atoms with Crippen molar-refractivity contribution in [2.75, 3.05) is 0 Å². The normalized spacial score (nSPS) is 12.6. The van der Waals surface area contributed by atoms with Crippen LogP contribution in [0.25, 0.3) is 0 Å². The lowest BCUT2D eigenvalue weighted by Crippen LogP contribution is -2.18. The minimum absolute atomic E-state index is 0.112. The van der Waals surface area contributed by atoms with Crippen LogP contribution in [0.1, 0.15) is 36.3 Å². The van der Waals surface area contributed by atoms with Gasteiger partial charge in [0.2, 0.25) is 0 Å². The molecule has 0 saturated carbocycles. The Morgan fingerprint density at radius 1 is 1.42 bits per heavy atom. The van der Waals surface area contributed by atoms with Gasteiger partial charge in [-0.2, -0.15) is 5.10 Å². The molecule has 0 aliphatic heterocycles. The Balaban J connectivity index is 2.18. The van der Waals surface area contributed by atoms with Crippen LogP contribution in [0.5, 0.6) is 0 Å². The van der Waals surface area contributed by atoms with Gasteiger partial charge in [0.15, 0.2) is 0 Å². The van der Waals surface area contributed by atoms with Crippen molar-refractivity contribution in [3.63, 3.8) is 0 Å². The number of halogens is 1. The highest BCUT2D eigenvalue weighted by molar-refractivity contribution is 6.31. The van der Waals surface area contributed by atoms with Crippen LogP contribution in [0, 0.1) is 6.92 Å². The zero-order valence-electron chi connectivity index (χ0n) is 11.3. The number of aryl methyl sites for hydroxylation is 1. The third-order valence-corrected chi connectivity index (χ3v) is 3.65. The summed E-state index contributed by atoms with van der Waals surface area (Å²) in [5.74, 6) is 0.925. The zero-order valence-corrected chi connectivity index (χ0v) is 12.1. The summed E-state index contributed by atoms with van der Waals surface area (Å²) < 4.78 is 1.92. The standard InChI is InChI=1S/C14H19ClN4/c1-3-7-19-14(17-9-18-19)8-13(16)11-5-4-6-12(15)10(11)2/h4-6,9,13H,3,7-8,16H2,1-2H3. The summed E-state index contributed by atoms with van der Waals surface area (Å²) in [5, 5.41) is 4.97. The Morgan fingerprint density at radius 2 is 2.21 bits per heavy atom. The molecule has 102 valence electrons. The summed E-state index contributed by atoms with van der Waals surface area (Å²) in [6.07, 6.45) is 3.28. The van der Waals surface area contributed by atoms with Crippen molar-refractivity contribution < 1.29 is 0 Å². The van der Waals surface area contributed by atoms with Gasteiger partial charge in [0.1, 0.15) is 12.2 Å². The Labute approximate surface area is 118 Å². The summed E-state index contributed by atoms with van der Waals surface area (Å²) in [7, 11) is 0. The van der Waals surface area contributed by atoms with Crippen molar-refractivity contribution in [3.05, 3.63) is 46.5 Å². The SMILES string of the molecule is CCCn1ncnc1CC(N)c1cccc(Cl)c1C. The fraction of sp³-hybridized carbons (Fsp3) is 0.429. The van der Waals surface area contributed by atoms with Gasteiger partial charge in [-0.05, 0) is 30.5 Å². The number of hydrogen-bond acceptors (Lipinski definition) is 3. The first-order chi connectivity index (χ1) is 9.13. The number of hydrogen-bond donors (Lipinski definition) is 1. The van der Waals surface area contributed by atoms with Gasteiger partial charge in [-0.1, -0.05) is 30.7 Å². The number of aromatic nitrogens is 3. The zero-order chi connectivity index (χ0) is 13.8. The van der Waals surface area contributed by atoms with Crippen LogP contribution < -0.4 is 5.73 Å². The molecule has 4 nitrogen and oxygen atoms in total. The second-order valence-corrected chi connectivity index (χ2v) is 5.07. The predicted molar refractivity (Wildman–Crippen MR) is 77.1 cm³/mol. The average molecular weight is 279 g/mol. The lowest BCUT2D eigenvalue weighted by atomic mass is 9.99. The molecule has 2 rings (SSSR count). The lowest BCUT2D eigenvalue weighted by molar-refractivity contribution is 0.547. The highest BCUT2D eigenvalue weighted by Gasteiger charge is 2.14. The van der Waals surface area contributed by atoms with Crippen molar-refractivity contribution in [2.45, 2.75) is 39.3 Å². The summed E-state index contributed by atoms with van der Waals surface area (Å²) in [6, 6.07) is 5.72. The first-order valence-corrected chi connectivity index (χ1v) is 6.88. The monoisotopic (exact) mass is 278 g/mol. The molecule has 0 bridgehead atoms. The second kappa shape index (κ2) is 6.17. The first kappa shape index (κ1) is 14.0. The average Bonchev–Trinajstić information content (AvgIpc) is 2.80. The van der Waals surface area contributed by atoms with Gasteiger partial charge in [0, 0.05) is 24.0 Å². The topological polar surface area (TPSA) is 56.7 Å². The molecule has 0 fully saturated rings. The number of nitrogens with two attached hydrogens (primary N) is 1. The number of rotatable bonds is 5. The predicted octanol–water partition coefficient (Wildman–Crippen LogP) is 2.89. The van der Waals surface area contributed by atoms with Crippen LogP contribution in [-0.4, -0.2) is 14.8 Å². The molecule has 0 aliphatic carbocycles. The molecule has 0 amide bonds. The van der Waals surface area contributed by atoms with Crippen LogP contribution in [-0.2, 0) is 13.0 Å². The summed E-state index contributed by atoms with van der Waals surface area (Å²) in [6.45, 7) is 4.98. The van der Waals surface area contributed by atoms with Crippen molar-refractivity contribution >= 4 is 11.6 Å². The van der Waals surface area contributed by atoms with Crippen molar-refractivity contribution in [1.29, 1.82) is 0 Å². The van der Waals surface area contributed by atoms with Gasteiger partial charge in [-0.15, -0.1) is 0 Å². The molecular weight excluding hydrogens is 260 g/mol. The van der Waals surface area contributed by atoms with Gasteiger partial charge >= 0.3 is 0 Å². The minimum Gasteiger partial charge on any atom is -0.324 e. The molecular formula is C14H19ClN4. The van der Waals surface area contributed by atoms with E-state index in [1.165, 1.54) is 0 Å². The third kappa shape index (κ3) is 3.14. The van der Waals surface area contributed by atoms with E-state index in [9.17, 15) is 0 Å². The smallest absolute Gasteiger partial charge is 0.138 e. The summed E-state index contributed by atoms with van der Waals surface area (Å²) in [4.78, 5) is 4.29. The molecule has 1 aromatic carbocycles. The Morgan fingerprint density at radius 3 is 2.95 bits per heavy atom. The molecule has 1 heterocycles. The molecule has 0 saturated heterocycles. The van der Waals surface area contributed by atoms with E-state index < -0.39 is 0 Å². The van der Waals surface area contributed by atoms with Crippen molar-refractivity contribution in [2.24, 2.45) is 5.73 Å². The molecule has 0 aliphatic rings. The largest absolute Gasteiger partial charge is 0.324 e. The molecule has 0 radical (unpaired) electrons. The van der Waals surface area contributed by atoms with Crippen LogP contribution >= 0.6 is 11.6 Å². The van der Waals surface area contributed by atoms with Crippen molar-refractivity contribution in [3.8, 4) is 0 Å². The Hall–Kier alpha value is -1.39. The molecule has 1 atom stereocenters. The van der Waals surface area contributed by atoms with Gasteiger partial charge in [0.05, 0.1) is 0 Å². The van der Waals surface area contributed by atoms with Gasteiger partial charge in [0.25, 0.3) is 0 Å². The summed E-state index contributed by atoms with van der Waals surface area (Å²) in [5.41, 5.74) is 8.39. The van der Waals surface area contributed by atoms with Gasteiger partial charge in [-0.25, -0.2) is 4.98 Å². The number of benzene rings is 1. The summed E-state index contributed by atoms with van der Waals surface area (Å²) >= 11 is 6.13. The van der Waals surface area contributed by atoms with Crippen LogP contribution in [0.3, 0.4) is 0 Å². The fourth-order valence-corrected chi connectivity index (χ4v) is 2.36. The van der Waals surface area contributed by atoms with Crippen LogP contribution in [0.2, 0.25) is 5.02 Å². The first-order valence-electron chi connectivity index (χ1n) is 6.50. The minimum atomic E-state index is -0.112. The molecule has 1 aromatic heterocycles. The van der Waals surface area contributed by atoms with Gasteiger partial charge in [-0.3, -0.25) is 4.68 Å². The van der Waals surface area contributed by atoms with E-state index in [1.54, 1.807) is 6.33 Å². The molecule has 2 aromatic rings. The maximum absolute atomic E-state index is 6.28. The second-order valence-electron chi connectivity index (χ2n) is 4.66. The van der Waals surface area contributed by atoms with E-state index in [-0.39, 0.29) is 6.04 Å². The number of nitrogens with zero attached hydrogens (tertiary/aromatic N) is 3. The van der Waals surface area contributed by atoms with Crippen LogP contribution in [0.15, 0.2) is 24.5 Å². The van der Waals surface area contributed by atoms with Crippen LogP contribution in [0.4, 0.5) is 0 Å². The maximum Gasteiger partial charge on any atom is 0.138 e. The van der Waals surface area contributed by atoms with Crippen molar-refractivity contribution in [1.82, 2.24) is 14.8 Å². The third-order valence-electron chi connectivity index (χ3n) is 3.24. The molecule has 0 spiro atoms. The Kier molecular flexibility index (Phi) is 4.56. The molecule has 2 N–H and O–H groups in total. The molecule has 1 unspecified atom stereocenters. The lowest BCUT2D eigenvalue weighted by Gasteiger charge is -2.15. The van der Waals surface area contributed by atoms with E-state index in [4.69, 9.17) is 17.3 Å². The molecule has 5 heteroatoms. The van der Waals surface area contributed by atoms with E-state index >= 15 is 0 Å². The van der Waals surface area contributed by atoms with E-state index in [2.05, 4.69) is 17.0 Å². The van der Waals surface area contributed by atoms with E-state index in [0.29, 0.717) is 6.42 Å². The maximum atomic E-state index is 6.28. The Bertz CT molecular complexity index is 550. The quantitative estimate of drug-likeness (QED) is 0.915. The molecule has 19 heavy (non-hydrogen) atoms. The van der Waals surface area contributed by atoms with E-state index in [0.717, 1.165) is 34.9 Å². The highest BCUT2D eigenvalue weighted by Crippen LogP contribution is 2.24. The fourth-order valence-electron chi connectivity index (χ4n) is 2.18. The highest BCUT2D eigenvalue weighted by atomic mass is 35.5. The van der Waals surface area contributed by atoms with Gasteiger partial charge < -0.3 is 5.73 Å². The van der Waals surface area contributed by atoms with E-state index in [1.807, 2.05) is 29.8 Å².